The number of carbonyl (C=O) groups excluding carboxylic acids is 1. The van der Waals surface area contributed by atoms with Crippen molar-refractivity contribution in [3.8, 4) is 0 Å². The molecule has 0 aliphatic heterocycles. The Morgan fingerprint density at radius 1 is 1.23 bits per heavy atom. The van der Waals surface area contributed by atoms with Crippen molar-refractivity contribution in [2.75, 3.05) is 0 Å². The minimum atomic E-state index is -0.500. The highest BCUT2D eigenvalue weighted by Gasteiger charge is 2.12. The zero-order valence-electron chi connectivity index (χ0n) is 11.5. The Labute approximate surface area is 140 Å². The van der Waals surface area contributed by atoms with Gasteiger partial charge in [-0.3, -0.25) is 14.9 Å². The van der Waals surface area contributed by atoms with E-state index in [-0.39, 0.29) is 11.5 Å². The molecule has 0 spiro atoms. The molecule has 0 unspecified atom stereocenters. The third-order valence-corrected chi connectivity index (χ3v) is 3.90. The summed E-state index contributed by atoms with van der Waals surface area (Å²) in [4.78, 5) is 22.6. The van der Waals surface area contributed by atoms with Gasteiger partial charge in [-0.05, 0) is 48.9 Å². The molecule has 0 amide bonds. The average Bonchev–Trinajstić information content (AvgIpc) is 2.49. The van der Waals surface area contributed by atoms with Gasteiger partial charge in [-0.1, -0.05) is 27.5 Å². The third-order valence-electron chi connectivity index (χ3n) is 3.03. The third kappa shape index (κ3) is 3.81. The number of halogens is 2. The number of allylic oxidation sites excluding steroid dienone is 1. The molecule has 0 bridgehead atoms. The number of rotatable bonds is 4. The number of nitrogens with zero attached hydrogens (tertiary/aromatic N) is 1. The number of carbonyl (C=O) groups is 1. The van der Waals surface area contributed by atoms with Crippen molar-refractivity contribution in [2.24, 2.45) is 0 Å². The summed E-state index contributed by atoms with van der Waals surface area (Å²) < 4.78 is 0.882. The molecule has 2 aromatic rings. The molecule has 2 aromatic carbocycles. The summed E-state index contributed by atoms with van der Waals surface area (Å²) in [5.41, 5.74) is 1.36. The molecule has 0 fully saturated rings. The average molecular weight is 381 g/mol. The van der Waals surface area contributed by atoms with E-state index in [0.29, 0.717) is 21.7 Å². The molecular weight excluding hydrogens is 370 g/mol. The van der Waals surface area contributed by atoms with Gasteiger partial charge in [0.05, 0.1) is 4.92 Å². The molecule has 112 valence electrons. The largest absolute Gasteiger partial charge is 0.289 e. The molecule has 0 aliphatic carbocycles. The molecule has 2 rings (SSSR count). The summed E-state index contributed by atoms with van der Waals surface area (Å²) in [6.45, 7) is 1.65. The lowest BCUT2D eigenvalue weighted by Gasteiger charge is -2.04. The number of ketones is 1. The SMILES string of the molecule is C/C(=C\c1cc([N+](=O)[O-])ccc1Cl)C(=O)c1ccc(Br)cc1. The Bertz CT molecular complexity index is 769. The first-order valence-corrected chi connectivity index (χ1v) is 7.48. The monoisotopic (exact) mass is 379 g/mol. The number of Topliss-reactive ketones (excluding diaryl/α,β-unsaturated/α-hetero) is 1. The zero-order chi connectivity index (χ0) is 16.3. The van der Waals surface area contributed by atoms with Crippen molar-refractivity contribution in [3.63, 3.8) is 0 Å². The number of benzene rings is 2. The van der Waals surface area contributed by atoms with Crippen LogP contribution in [0.2, 0.25) is 5.02 Å². The summed E-state index contributed by atoms with van der Waals surface area (Å²) in [7, 11) is 0. The van der Waals surface area contributed by atoms with E-state index in [0.717, 1.165) is 4.47 Å². The maximum Gasteiger partial charge on any atom is 0.270 e. The topological polar surface area (TPSA) is 60.2 Å². The summed E-state index contributed by atoms with van der Waals surface area (Å²) in [5, 5.41) is 11.2. The Kier molecular flexibility index (Phi) is 5.11. The molecule has 0 radical (unpaired) electrons. The second kappa shape index (κ2) is 6.85. The van der Waals surface area contributed by atoms with Crippen molar-refractivity contribution in [1.82, 2.24) is 0 Å². The number of non-ortho nitro benzene ring substituents is 1. The van der Waals surface area contributed by atoms with Crippen molar-refractivity contribution in [3.05, 3.63) is 78.8 Å². The van der Waals surface area contributed by atoms with Crippen molar-refractivity contribution in [2.45, 2.75) is 6.92 Å². The van der Waals surface area contributed by atoms with Crippen LogP contribution in [0.5, 0.6) is 0 Å². The van der Waals surface area contributed by atoms with E-state index in [1.54, 1.807) is 37.3 Å². The molecule has 0 heterocycles. The predicted octanol–water partition coefficient (Wildman–Crippen LogP) is 5.30. The van der Waals surface area contributed by atoms with E-state index < -0.39 is 4.92 Å². The summed E-state index contributed by atoms with van der Waals surface area (Å²) in [6, 6.07) is 11.1. The van der Waals surface area contributed by atoms with Crippen molar-refractivity contribution in [1.29, 1.82) is 0 Å². The van der Waals surface area contributed by atoms with Crippen LogP contribution in [0.1, 0.15) is 22.8 Å². The zero-order valence-corrected chi connectivity index (χ0v) is 13.9. The van der Waals surface area contributed by atoms with E-state index in [4.69, 9.17) is 11.6 Å². The van der Waals surface area contributed by atoms with E-state index in [1.807, 2.05) is 0 Å². The van der Waals surface area contributed by atoms with Gasteiger partial charge in [0.25, 0.3) is 5.69 Å². The fraction of sp³-hybridized carbons (Fsp3) is 0.0625. The Morgan fingerprint density at radius 2 is 1.86 bits per heavy atom. The molecule has 0 atom stereocenters. The Morgan fingerprint density at radius 3 is 2.45 bits per heavy atom. The Hall–Kier alpha value is -1.98. The summed E-state index contributed by atoms with van der Waals surface area (Å²) in [6.07, 6.45) is 1.56. The lowest BCUT2D eigenvalue weighted by Crippen LogP contribution is -2.00. The second-order valence-corrected chi connectivity index (χ2v) is 5.95. The standard InChI is InChI=1S/C16H11BrClNO3/c1-10(16(20)11-2-4-13(17)5-3-11)8-12-9-14(19(21)22)6-7-15(12)18/h2-9H,1H3/b10-8+. The number of nitro benzene ring substituents is 1. The molecule has 0 saturated heterocycles. The van der Waals surface area contributed by atoms with Gasteiger partial charge in [0.1, 0.15) is 0 Å². The highest BCUT2D eigenvalue weighted by atomic mass is 79.9. The molecule has 0 saturated carbocycles. The smallest absolute Gasteiger partial charge is 0.270 e. The van der Waals surface area contributed by atoms with Crippen LogP contribution in [0.3, 0.4) is 0 Å². The van der Waals surface area contributed by atoms with Gasteiger partial charge in [-0.25, -0.2) is 0 Å². The molecule has 4 nitrogen and oxygen atoms in total. The van der Waals surface area contributed by atoms with Gasteiger partial charge < -0.3 is 0 Å². The van der Waals surface area contributed by atoms with E-state index in [1.165, 1.54) is 18.2 Å². The van der Waals surface area contributed by atoms with Crippen LogP contribution in [0.25, 0.3) is 6.08 Å². The summed E-state index contributed by atoms with van der Waals surface area (Å²) >= 11 is 9.34. The molecule has 22 heavy (non-hydrogen) atoms. The van der Waals surface area contributed by atoms with E-state index >= 15 is 0 Å². The van der Waals surface area contributed by atoms with Crippen LogP contribution in [0.4, 0.5) is 5.69 Å². The van der Waals surface area contributed by atoms with Crippen LogP contribution in [-0.4, -0.2) is 10.7 Å². The number of hydrogen-bond donors (Lipinski definition) is 0. The molecule has 0 aromatic heterocycles. The van der Waals surface area contributed by atoms with Crippen molar-refractivity contribution >= 4 is 45.1 Å². The molecule has 0 N–H and O–H groups in total. The van der Waals surface area contributed by atoms with Crippen molar-refractivity contribution < 1.29 is 9.72 Å². The fourth-order valence-corrected chi connectivity index (χ4v) is 2.32. The maximum atomic E-state index is 12.3. The lowest BCUT2D eigenvalue weighted by atomic mass is 10.0. The van der Waals surface area contributed by atoms with Crippen LogP contribution >= 0.6 is 27.5 Å². The van der Waals surface area contributed by atoms with Gasteiger partial charge >= 0.3 is 0 Å². The predicted molar refractivity (Wildman–Crippen MR) is 90.2 cm³/mol. The van der Waals surface area contributed by atoms with Gasteiger partial charge in [0.15, 0.2) is 5.78 Å². The minimum absolute atomic E-state index is 0.0699. The minimum Gasteiger partial charge on any atom is -0.289 e. The van der Waals surface area contributed by atoms with E-state index in [9.17, 15) is 14.9 Å². The second-order valence-electron chi connectivity index (χ2n) is 4.63. The summed E-state index contributed by atoms with van der Waals surface area (Å²) in [5.74, 6) is -0.157. The van der Waals surface area contributed by atoms with Crippen LogP contribution in [-0.2, 0) is 0 Å². The quantitative estimate of drug-likeness (QED) is 0.313. The van der Waals surface area contributed by atoms with Gasteiger partial charge in [-0.2, -0.15) is 0 Å². The number of nitro groups is 1. The maximum absolute atomic E-state index is 12.3. The van der Waals surface area contributed by atoms with Crippen LogP contribution in [0, 0.1) is 10.1 Å². The highest BCUT2D eigenvalue weighted by Crippen LogP contribution is 2.25. The molecule has 6 heteroatoms. The van der Waals surface area contributed by atoms with Gasteiger partial charge in [0.2, 0.25) is 0 Å². The number of hydrogen-bond acceptors (Lipinski definition) is 3. The first kappa shape index (κ1) is 16.4. The van der Waals surface area contributed by atoms with Gasteiger partial charge in [0, 0.05) is 32.8 Å². The molecule has 0 aliphatic rings. The first-order chi connectivity index (χ1) is 10.4. The van der Waals surface area contributed by atoms with Gasteiger partial charge in [-0.15, -0.1) is 0 Å². The van der Waals surface area contributed by atoms with E-state index in [2.05, 4.69) is 15.9 Å². The lowest BCUT2D eigenvalue weighted by molar-refractivity contribution is -0.384. The Balaban J connectivity index is 2.36. The van der Waals surface area contributed by atoms with Crippen LogP contribution < -0.4 is 0 Å². The molecular formula is C16H11BrClNO3. The highest BCUT2D eigenvalue weighted by molar-refractivity contribution is 9.10. The first-order valence-electron chi connectivity index (χ1n) is 6.31. The normalized spacial score (nSPS) is 11.3. The fourth-order valence-electron chi connectivity index (χ4n) is 1.88. The van der Waals surface area contributed by atoms with Crippen LogP contribution in [0.15, 0.2) is 52.5 Å².